The van der Waals surface area contributed by atoms with Gasteiger partial charge in [0, 0.05) is 38.2 Å². The molecule has 0 fully saturated rings. The standard InChI is InChI=1S/C57H31NO3/c1-2-12-35-32(10-1)11-7-15-36(35)34-24-29-52-49(30-34)58-57(61-52)48-31-47(46-19-9-18-45-39-14-4-6-21-51(39)60-56(45)46)41-26-23-33-22-25-37(40-27-28-42(48)54(41)53(33)40)43-16-8-17-44-38-13-3-5-20-50(38)59-55(43)44/h1-31H. The molecule has 14 rings (SSSR count). The number of para-hydroxylation sites is 4. The van der Waals surface area contributed by atoms with E-state index in [0.717, 1.165) is 115 Å². The minimum atomic E-state index is 0.577. The number of fused-ring (bicyclic) bond motifs is 8. The van der Waals surface area contributed by atoms with Gasteiger partial charge in [-0.2, -0.15) is 0 Å². The normalized spacial score (nSPS) is 12.3. The Labute approximate surface area is 347 Å². The van der Waals surface area contributed by atoms with Crippen LogP contribution in [0.1, 0.15) is 0 Å². The third kappa shape index (κ3) is 4.62. The van der Waals surface area contributed by atoms with Crippen LogP contribution in [0.5, 0.6) is 0 Å². The van der Waals surface area contributed by atoms with E-state index in [1.54, 1.807) is 0 Å². The van der Waals surface area contributed by atoms with Gasteiger partial charge in [0.15, 0.2) is 5.58 Å². The fraction of sp³-hybridized carbons (Fsp3) is 0. The first kappa shape index (κ1) is 32.7. The molecular formula is C57H31NO3. The molecule has 3 aromatic heterocycles. The van der Waals surface area contributed by atoms with E-state index >= 15 is 0 Å². The van der Waals surface area contributed by atoms with Crippen molar-refractivity contribution in [3.63, 3.8) is 0 Å². The second-order valence-corrected chi connectivity index (χ2v) is 16.1. The molecule has 0 unspecified atom stereocenters. The quantitative estimate of drug-likeness (QED) is 0.167. The first-order valence-corrected chi connectivity index (χ1v) is 20.7. The number of nitrogens with zero attached hydrogens (tertiary/aromatic N) is 1. The van der Waals surface area contributed by atoms with Crippen molar-refractivity contribution in [2.45, 2.75) is 0 Å². The maximum atomic E-state index is 6.77. The maximum absolute atomic E-state index is 6.77. The van der Waals surface area contributed by atoms with Crippen molar-refractivity contribution in [2.75, 3.05) is 0 Å². The van der Waals surface area contributed by atoms with Crippen LogP contribution >= 0.6 is 0 Å². The van der Waals surface area contributed by atoms with Crippen LogP contribution in [-0.2, 0) is 0 Å². The fourth-order valence-corrected chi connectivity index (χ4v) is 10.1. The van der Waals surface area contributed by atoms with Crippen molar-refractivity contribution < 1.29 is 13.3 Å². The molecule has 14 aromatic rings. The molecule has 0 saturated heterocycles. The van der Waals surface area contributed by atoms with Gasteiger partial charge in [0.05, 0.1) is 0 Å². The van der Waals surface area contributed by atoms with E-state index in [0.29, 0.717) is 5.89 Å². The molecule has 0 radical (unpaired) electrons. The van der Waals surface area contributed by atoms with Gasteiger partial charge in [-0.25, -0.2) is 4.98 Å². The van der Waals surface area contributed by atoms with E-state index in [2.05, 4.69) is 164 Å². The van der Waals surface area contributed by atoms with Crippen LogP contribution in [0.25, 0.3) is 143 Å². The van der Waals surface area contributed by atoms with Gasteiger partial charge < -0.3 is 13.3 Å². The lowest BCUT2D eigenvalue weighted by atomic mass is 9.85. The van der Waals surface area contributed by atoms with Crippen LogP contribution in [0.4, 0.5) is 0 Å². The lowest BCUT2D eigenvalue weighted by molar-refractivity contribution is 0.620. The summed E-state index contributed by atoms with van der Waals surface area (Å²) >= 11 is 0. The molecule has 0 amide bonds. The van der Waals surface area contributed by atoms with E-state index in [-0.39, 0.29) is 0 Å². The average Bonchev–Trinajstić information content (AvgIpc) is 4.04. The van der Waals surface area contributed by atoms with Crippen LogP contribution < -0.4 is 0 Å². The van der Waals surface area contributed by atoms with Gasteiger partial charge in [0.25, 0.3) is 0 Å². The molecule has 0 aliphatic carbocycles. The molecule has 4 heteroatoms. The predicted molar refractivity (Wildman–Crippen MR) is 252 cm³/mol. The van der Waals surface area contributed by atoms with Gasteiger partial charge in [-0.3, -0.25) is 0 Å². The SMILES string of the molecule is c1ccc2c(-c3ccc4oc(-c5cc(-c6cccc7c6oc6ccccc67)c6ccc7ccc(-c8cccc9c8oc8ccccc89)c8ccc5c6c78)nc4c3)cccc2c1. The van der Waals surface area contributed by atoms with Crippen molar-refractivity contribution in [1.82, 2.24) is 4.98 Å². The fourth-order valence-electron chi connectivity index (χ4n) is 10.1. The lowest BCUT2D eigenvalue weighted by Gasteiger charge is -2.18. The molecule has 0 saturated carbocycles. The van der Waals surface area contributed by atoms with Crippen molar-refractivity contribution >= 4 is 98.1 Å². The Morgan fingerprint density at radius 3 is 1.64 bits per heavy atom. The summed E-state index contributed by atoms with van der Waals surface area (Å²) in [5.74, 6) is 0.577. The molecule has 0 atom stereocenters. The number of oxazole rings is 1. The highest BCUT2D eigenvalue weighted by Gasteiger charge is 2.24. The van der Waals surface area contributed by atoms with Gasteiger partial charge in [0.1, 0.15) is 27.8 Å². The highest BCUT2D eigenvalue weighted by Crippen LogP contribution is 2.49. The van der Waals surface area contributed by atoms with Crippen LogP contribution in [0.3, 0.4) is 0 Å². The summed E-state index contributed by atoms with van der Waals surface area (Å²) < 4.78 is 20.1. The van der Waals surface area contributed by atoms with Crippen LogP contribution in [-0.4, -0.2) is 4.98 Å². The minimum Gasteiger partial charge on any atom is -0.455 e. The second kappa shape index (κ2) is 12.2. The topological polar surface area (TPSA) is 52.3 Å². The maximum Gasteiger partial charge on any atom is 0.227 e. The highest BCUT2D eigenvalue weighted by molar-refractivity contribution is 6.31. The van der Waals surface area contributed by atoms with Crippen LogP contribution in [0.2, 0.25) is 0 Å². The minimum absolute atomic E-state index is 0.577. The zero-order valence-electron chi connectivity index (χ0n) is 32.6. The van der Waals surface area contributed by atoms with E-state index in [1.807, 2.05) is 24.3 Å². The largest absolute Gasteiger partial charge is 0.455 e. The summed E-state index contributed by atoms with van der Waals surface area (Å²) in [7, 11) is 0. The summed E-state index contributed by atoms with van der Waals surface area (Å²) in [6, 6.07) is 66.6. The average molecular weight is 778 g/mol. The molecule has 0 bridgehead atoms. The number of aromatic nitrogens is 1. The third-order valence-electron chi connectivity index (χ3n) is 12.9. The van der Waals surface area contributed by atoms with Gasteiger partial charge in [0.2, 0.25) is 5.89 Å². The number of benzene rings is 11. The summed E-state index contributed by atoms with van der Waals surface area (Å²) in [6.07, 6.45) is 0. The van der Waals surface area contributed by atoms with Crippen LogP contribution in [0.15, 0.2) is 201 Å². The van der Waals surface area contributed by atoms with Crippen molar-refractivity contribution in [3.8, 4) is 44.8 Å². The molecule has 0 N–H and O–H groups in total. The third-order valence-corrected chi connectivity index (χ3v) is 12.9. The summed E-state index contributed by atoms with van der Waals surface area (Å²) in [6.45, 7) is 0. The van der Waals surface area contributed by atoms with Crippen LogP contribution in [0, 0.1) is 0 Å². The van der Waals surface area contributed by atoms with E-state index in [1.165, 1.54) is 21.7 Å². The Kier molecular flexibility index (Phi) is 6.52. The summed E-state index contributed by atoms with van der Waals surface area (Å²) in [4.78, 5) is 5.28. The molecule has 0 aliphatic rings. The molecule has 4 nitrogen and oxygen atoms in total. The predicted octanol–water partition coefficient (Wildman–Crippen LogP) is 16.3. The molecule has 3 heterocycles. The van der Waals surface area contributed by atoms with E-state index < -0.39 is 0 Å². The molecule has 0 aliphatic heterocycles. The first-order valence-electron chi connectivity index (χ1n) is 20.7. The number of rotatable bonds is 4. The van der Waals surface area contributed by atoms with Crippen molar-refractivity contribution in [3.05, 3.63) is 188 Å². The Morgan fingerprint density at radius 2 is 0.869 bits per heavy atom. The van der Waals surface area contributed by atoms with Crippen molar-refractivity contribution in [1.29, 1.82) is 0 Å². The smallest absolute Gasteiger partial charge is 0.227 e. The molecule has 61 heavy (non-hydrogen) atoms. The number of hydrogen-bond acceptors (Lipinski definition) is 4. The molecular weight excluding hydrogens is 747 g/mol. The zero-order chi connectivity index (χ0) is 39.8. The zero-order valence-corrected chi connectivity index (χ0v) is 32.6. The first-order chi connectivity index (χ1) is 30.2. The molecule has 0 spiro atoms. The highest BCUT2D eigenvalue weighted by atomic mass is 16.3. The Balaban J connectivity index is 1.06. The Bertz CT molecular complexity index is 4120. The van der Waals surface area contributed by atoms with Gasteiger partial charge in [-0.1, -0.05) is 158 Å². The monoisotopic (exact) mass is 777 g/mol. The van der Waals surface area contributed by atoms with Gasteiger partial charge >= 0.3 is 0 Å². The van der Waals surface area contributed by atoms with E-state index in [9.17, 15) is 0 Å². The summed E-state index contributed by atoms with van der Waals surface area (Å²) in [5.41, 5.74) is 12.5. The van der Waals surface area contributed by atoms with Gasteiger partial charge in [-0.05, 0) is 95.7 Å². The van der Waals surface area contributed by atoms with Gasteiger partial charge in [-0.15, -0.1) is 0 Å². The molecule has 282 valence electrons. The Hall–Kier alpha value is -8.21. The lowest BCUT2D eigenvalue weighted by Crippen LogP contribution is -1.93. The number of furan rings is 2. The second-order valence-electron chi connectivity index (χ2n) is 16.1. The van der Waals surface area contributed by atoms with E-state index in [4.69, 9.17) is 18.2 Å². The summed E-state index contributed by atoms with van der Waals surface area (Å²) in [5, 5.41) is 13.7. The Morgan fingerprint density at radius 1 is 0.295 bits per heavy atom. The number of hydrogen-bond donors (Lipinski definition) is 0. The van der Waals surface area contributed by atoms with Crippen molar-refractivity contribution in [2.24, 2.45) is 0 Å². The molecule has 11 aromatic carbocycles.